The molecule has 0 aliphatic heterocycles. The normalized spacial score (nSPS) is 14.2. The van der Waals surface area contributed by atoms with E-state index >= 15 is 0 Å². The molecule has 0 aliphatic carbocycles. The highest BCUT2D eigenvalue weighted by Crippen LogP contribution is 2.23. The van der Waals surface area contributed by atoms with Crippen LogP contribution in [-0.4, -0.2) is 23.8 Å². The van der Waals surface area contributed by atoms with Crippen molar-refractivity contribution in [3.63, 3.8) is 0 Å². The number of thioether (sulfide) groups is 1. The van der Waals surface area contributed by atoms with E-state index in [1.807, 2.05) is 27.0 Å². The van der Waals surface area contributed by atoms with Gasteiger partial charge in [0.2, 0.25) is 0 Å². The van der Waals surface area contributed by atoms with Crippen LogP contribution in [0.1, 0.15) is 33.6 Å². The highest BCUT2D eigenvalue weighted by Gasteiger charge is 2.29. The minimum absolute atomic E-state index is 0.198. The molecule has 2 nitrogen and oxygen atoms in total. The maximum absolute atomic E-state index is 11.8. The molecule has 78 valence electrons. The topological polar surface area (TPSA) is 43.1 Å². The van der Waals surface area contributed by atoms with E-state index in [-0.39, 0.29) is 17.2 Å². The first kappa shape index (κ1) is 13.0. The van der Waals surface area contributed by atoms with E-state index < -0.39 is 0 Å². The van der Waals surface area contributed by atoms with Crippen molar-refractivity contribution in [3.05, 3.63) is 0 Å². The summed E-state index contributed by atoms with van der Waals surface area (Å²) in [6, 6.07) is -0.276. The number of Topliss-reactive ketones (excluding diaryl/α,β-unsaturated/α-hetero) is 1. The molecule has 0 aromatic rings. The molecule has 3 heteroatoms. The summed E-state index contributed by atoms with van der Waals surface area (Å²) in [7, 11) is 0. The molecule has 1 atom stereocenters. The Morgan fingerprint density at radius 1 is 1.54 bits per heavy atom. The molecule has 0 unspecified atom stereocenters. The van der Waals surface area contributed by atoms with Crippen LogP contribution in [0.15, 0.2) is 0 Å². The lowest BCUT2D eigenvalue weighted by atomic mass is 9.81. The van der Waals surface area contributed by atoms with Gasteiger partial charge in [-0.15, -0.1) is 0 Å². The van der Waals surface area contributed by atoms with Gasteiger partial charge in [0.05, 0.1) is 6.04 Å². The summed E-state index contributed by atoms with van der Waals surface area (Å²) in [5.74, 6) is 1.16. The molecular weight excluding hydrogens is 182 g/mol. The van der Waals surface area contributed by atoms with Gasteiger partial charge >= 0.3 is 0 Å². The Balaban J connectivity index is 4.09. The van der Waals surface area contributed by atoms with Gasteiger partial charge in [0, 0.05) is 5.41 Å². The molecule has 0 fully saturated rings. The van der Waals surface area contributed by atoms with E-state index in [2.05, 4.69) is 0 Å². The van der Waals surface area contributed by atoms with Gasteiger partial charge in [0.15, 0.2) is 5.78 Å². The molecule has 0 rings (SSSR count). The van der Waals surface area contributed by atoms with Crippen molar-refractivity contribution in [1.29, 1.82) is 0 Å². The van der Waals surface area contributed by atoms with Crippen LogP contribution in [0.3, 0.4) is 0 Å². The number of hydrogen-bond acceptors (Lipinski definition) is 3. The molecule has 0 aliphatic rings. The van der Waals surface area contributed by atoms with Crippen molar-refractivity contribution >= 4 is 17.5 Å². The Morgan fingerprint density at radius 3 is 2.46 bits per heavy atom. The van der Waals surface area contributed by atoms with E-state index in [0.29, 0.717) is 0 Å². The van der Waals surface area contributed by atoms with E-state index in [0.717, 1.165) is 18.6 Å². The fourth-order valence-electron chi connectivity index (χ4n) is 1.05. The zero-order chi connectivity index (χ0) is 10.5. The zero-order valence-corrected chi connectivity index (χ0v) is 9.91. The zero-order valence-electron chi connectivity index (χ0n) is 9.09. The van der Waals surface area contributed by atoms with E-state index in [9.17, 15) is 4.79 Å². The highest BCUT2D eigenvalue weighted by atomic mass is 32.2. The number of carbonyl (C=O) groups excluding carboxylic acids is 1. The van der Waals surface area contributed by atoms with Gasteiger partial charge in [-0.05, 0) is 24.9 Å². The monoisotopic (exact) mass is 203 g/mol. The van der Waals surface area contributed by atoms with Crippen LogP contribution >= 0.6 is 11.8 Å². The molecule has 13 heavy (non-hydrogen) atoms. The molecule has 0 bridgehead atoms. The molecule has 2 N–H and O–H groups in total. The lowest BCUT2D eigenvalue weighted by Gasteiger charge is -2.24. The Kier molecular flexibility index (Phi) is 5.65. The van der Waals surface area contributed by atoms with E-state index in [4.69, 9.17) is 5.73 Å². The van der Waals surface area contributed by atoms with Crippen molar-refractivity contribution in [2.24, 2.45) is 11.1 Å². The summed E-state index contributed by atoms with van der Waals surface area (Å²) < 4.78 is 0. The van der Waals surface area contributed by atoms with E-state index in [1.54, 1.807) is 11.8 Å². The standard InChI is InChI=1S/C10H21NOS/c1-5-10(2,3)9(12)8(11)6-7-13-4/h8H,5-7,11H2,1-4H3/t8-/m1/s1. The third-order valence-corrected chi connectivity index (χ3v) is 3.16. The lowest BCUT2D eigenvalue weighted by molar-refractivity contribution is -0.128. The lowest BCUT2D eigenvalue weighted by Crippen LogP contribution is -2.40. The van der Waals surface area contributed by atoms with Gasteiger partial charge in [-0.3, -0.25) is 4.79 Å². The quantitative estimate of drug-likeness (QED) is 0.718. The first-order valence-electron chi connectivity index (χ1n) is 4.74. The van der Waals surface area contributed by atoms with Crippen LogP contribution in [0.4, 0.5) is 0 Å². The van der Waals surface area contributed by atoms with Gasteiger partial charge < -0.3 is 5.73 Å². The molecule has 0 heterocycles. The van der Waals surface area contributed by atoms with Gasteiger partial charge in [-0.1, -0.05) is 20.8 Å². The van der Waals surface area contributed by atoms with Crippen molar-refractivity contribution in [1.82, 2.24) is 0 Å². The predicted octanol–water partition coefficient (Wildman–Crippen LogP) is 2.07. The smallest absolute Gasteiger partial charge is 0.155 e. The molecule has 0 amide bonds. The Labute approximate surface area is 85.6 Å². The molecule has 0 aromatic carbocycles. The second kappa shape index (κ2) is 5.66. The van der Waals surface area contributed by atoms with Crippen molar-refractivity contribution in [2.75, 3.05) is 12.0 Å². The average Bonchev–Trinajstić information content (AvgIpc) is 2.12. The summed E-state index contributed by atoms with van der Waals surface area (Å²) >= 11 is 1.73. The molecule has 0 saturated heterocycles. The summed E-state index contributed by atoms with van der Waals surface area (Å²) in [5.41, 5.74) is 5.55. The first-order valence-corrected chi connectivity index (χ1v) is 6.14. The van der Waals surface area contributed by atoms with Gasteiger partial charge in [0.25, 0.3) is 0 Å². The largest absolute Gasteiger partial charge is 0.321 e. The Morgan fingerprint density at radius 2 is 2.08 bits per heavy atom. The number of nitrogens with two attached hydrogens (primary N) is 1. The van der Waals surface area contributed by atoms with Gasteiger partial charge in [-0.2, -0.15) is 11.8 Å². The number of carbonyl (C=O) groups is 1. The second-order valence-corrected chi connectivity index (χ2v) is 4.98. The van der Waals surface area contributed by atoms with Crippen molar-refractivity contribution in [2.45, 2.75) is 39.7 Å². The first-order chi connectivity index (χ1) is 5.95. The minimum atomic E-state index is -0.276. The van der Waals surface area contributed by atoms with Crippen LogP contribution in [-0.2, 0) is 4.79 Å². The number of hydrogen-bond donors (Lipinski definition) is 1. The van der Waals surface area contributed by atoms with Crippen LogP contribution in [0, 0.1) is 5.41 Å². The third-order valence-electron chi connectivity index (χ3n) is 2.52. The Bertz CT molecular complexity index is 168. The Hall–Kier alpha value is -0.0200. The number of rotatable bonds is 6. The molecule has 0 aromatic heterocycles. The molecular formula is C10H21NOS. The fraction of sp³-hybridized carbons (Fsp3) is 0.900. The predicted molar refractivity (Wildman–Crippen MR) is 60.1 cm³/mol. The SMILES string of the molecule is CCC(C)(C)C(=O)[C@H](N)CCSC. The summed E-state index contributed by atoms with van der Waals surface area (Å²) in [4.78, 5) is 11.8. The molecule has 0 radical (unpaired) electrons. The van der Waals surface area contributed by atoms with Crippen molar-refractivity contribution < 1.29 is 4.79 Å². The molecule has 0 saturated carbocycles. The fourth-order valence-corrected chi connectivity index (χ4v) is 1.54. The summed E-state index contributed by atoms with van der Waals surface area (Å²) in [5, 5.41) is 0. The minimum Gasteiger partial charge on any atom is -0.321 e. The average molecular weight is 203 g/mol. The van der Waals surface area contributed by atoms with Crippen LogP contribution in [0.25, 0.3) is 0 Å². The highest BCUT2D eigenvalue weighted by molar-refractivity contribution is 7.98. The third kappa shape index (κ3) is 4.14. The second-order valence-electron chi connectivity index (χ2n) is 3.99. The molecule has 0 spiro atoms. The van der Waals surface area contributed by atoms with Gasteiger partial charge in [0.1, 0.15) is 0 Å². The maximum atomic E-state index is 11.8. The van der Waals surface area contributed by atoms with Crippen LogP contribution in [0.2, 0.25) is 0 Å². The van der Waals surface area contributed by atoms with Crippen LogP contribution < -0.4 is 5.73 Å². The summed E-state index contributed by atoms with van der Waals surface area (Å²) in [6.07, 6.45) is 3.68. The van der Waals surface area contributed by atoms with Gasteiger partial charge in [-0.25, -0.2) is 0 Å². The van der Waals surface area contributed by atoms with Crippen molar-refractivity contribution in [3.8, 4) is 0 Å². The number of ketones is 1. The van der Waals surface area contributed by atoms with E-state index in [1.165, 1.54) is 0 Å². The maximum Gasteiger partial charge on any atom is 0.155 e. The summed E-state index contributed by atoms with van der Waals surface area (Å²) in [6.45, 7) is 5.96. The van der Waals surface area contributed by atoms with Crippen LogP contribution in [0.5, 0.6) is 0 Å².